The maximum Gasteiger partial charge on any atom is 0.316 e. The number of amides is 1. The number of alkyl halides is 1. The number of rotatable bonds is 4. The molecule has 0 bridgehead atoms. The van der Waals surface area contributed by atoms with E-state index in [1.807, 2.05) is 0 Å². The van der Waals surface area contributed by atoms with Crippen molar-refractivity contribution in [3.63, 3.8) is 0 Å². The Morgan fingerprint density at radius 3 is 2.68 bits per heavy atom. The van der Waals surface area contributed by atoms with Gasteiger partial charge in [0, 0.05) is 18.5 Å². The molecular formula is C17H20F2N4O2. The Bertz CT molecular complexity index is 760. The number of likely N-dealkylation sites (tertiary alicyclic amines) is 1. The molecule has 25 heavy (non-hydrogen) atoms. The molecule has 8 heteroatoms. The predicted molar refractivity (Wildman–Crippen MR) is 88.1 cm³/mol. The van der Waals surface area contributed by atoms with Crippen molar-refractivity contribution in [2.75, 3.05) is 11.9 Å². The number of carbonyl (C=O) groups excluding carboxylic acids is 1. The second-order valence-electron chi connectivity index (χ2n) is 6.52. The molecule has 0 spiro atoms. The summed E-state index contributed by atoms with van der Waals surface area (Å²) in [6, 6.07) is 4.59. The third kappa shape index (κ3) is 3.47. The van der Waals surface area contributed by atoms with Crippen LogP contribution in [0.2, 0.25) is 0 Å². The van der Waals surface area contributed by atoms with Crippen LogP contribution in [0, 0.1) is 5.82 Å². The van der Waals surface area contributed by atoms with Gasteiger partial charge in [-0.15, -0.1) is 5.10 Å². The van der Waals surface area contributed by atoms with Gasteiger partial charge in [-0.25, -0.2) is 8.78 Å². The van der Waals surface area contributed by atoms with Crippen LogP contribution in [0.4, 0.5) is 14.8 Å². The van der Waals surface area contributed by atoms with Crippen molar-refractivity contribution in [3.8, 4) is 11.5 Å². The van der Waals surface area contributed by atoms with Crippen molar-refractivity contribution in [1.82, 2.24) is 15.1 Å². The SMILES string of the molecule is C[C@@H]1N(C(=O)[C@@H](C)Nc2nnc(-c3ccc(F)cc3)o2)CC[C@@]1(C)F. The van der Waals surface area contributed by atoms with E-state index in [0.29, 0.717) is 18.5 Å². The Morgan fingerprint density at radius 2 is 2.08 bits per heavy atom. The summed E-state index contributed by atoms with van der Waals surface area (Å²) in [4.78, 5) is 14.1. The van der Waals surface area contributed by atoms with Gasteiger partial charge in [0.15, 0.2) is 0 Å². The Labute approximate surface area is 144 Å². The van der Waals surface area contributed by atoms with Crippen molar-refractivity contribution in [3.05, 3.63) is 30.1 Å². The fourth-order valence-electron chi connectivity index (χ4n) is 2.85. The average Bonchev–Trinajstić information content (AvgIpc) is 3.13. The van der Waals surface area contributed by atoms with Crippen molar-refractivity contribution in [2.24, 2.45) is 0 Å². The number of aromatic nitrogens is 2. The molecular weight excluding hydrogens is 330 g/mol. The smallest absolute Gasteiger partial charge is 0.316 e. The number of halogens is 2. The number of anilines is 1. The second-order valence-corrected chi connectivity index (χ2v) is 6.52. The Balaban J connectivity index is 1.66. The molecule has 1 fully saturated rings. The Kier molecular flexibility index (Phi) is 4.45. The van der Waals surface area contributed by atoms with Gasteiger partial charge in [-0.05, 0) is 45.0 Å². The average molecular weight is 350 g/mol. The number of nitrogens with zero attached hydrogens (tertiary/aromatic N) is 3. The fraction of sp³-hybridized carbons (Fsp3) is 0.471. The monoisotopic (exact) mass is 350 g/mol. The number of benzene rings is 1. The van der Waals surface area contributed by atoms with Gasteiger partial charge in [-0.2, -0.15) is 0 Å². The van der Waals surface area contributed by atoms with E-state index in [0.717, 1.165) is 0 Å². The summed E-state index contributed by atoms with van der Waals surface area (Å²) >= 11 is 0. The van der Waals surface area contributed by atoms with E-state index < -0.39 is 17.8 Å². The van der Waals surface area contributed by atoms with E-state index in [1.165, 1.54) is 36.1 Å². The molecule has 0 saturated carbocycles. The Morgan fingerprint density at radius 1 is 1.40 bits per heavy atom. The minimum absolute atomic E-state index is 0.0787. The zero-order valence-electron chi connectivity index (χ0n) is 14.3. The molecule has 2 heterocycles. The normalized spacial score (nSPS) is 24.4. The van der Waals surface area contributed by atoms with Gasteiger partial charge in [0.05, 0.1) is 6.04 Å². The van der Waals surface area contributed by atoms with Gasteiger partial charge in [-0.1, -0.05) is 5.10 Å². The van der Waals surface area contributed by atoms with Crippen LogP contribution in [0.15, 0.2) is 28.7 Å². The molecule has 0 radical (unpaired) electrons. The molecule has 134 valence electrons. The van der Waals surface area contributed by atoms with Gasteiger partial charge in [0.25, 0.3) is 0 Å². The predicted octanol–water partition coefficient (Wildman–Crippen LogP) is 3.03. The minimum Gasteiger partial charge on any atom is -0.403 e. The topological polar surface area (TPSA) is 71.3 Å². The summed E-state index contributed by atoms with van der Waals surface area (Å²) in [6.45, 7) is 5.25. The van der Waals surface area contributed by atoms with Crippen LogP contribution in [0.5, 0.6) is 0 Å². The molecule has 1 aliphatic heterocycles. The molecule has 1 saturated heterocycles. The fourth-order valence-corrected chi connectivity index (χ4v) is 2.85. The molecule has 6 nitrogen and oxygen atoms in total. The standard InChI is InChI=1S/C17H20F2N4O2/c1-10(15(24)23-9-8-17(3,19)11(23)2)20-16-22-21-14(25-16)12-4-6-13(18)7-5-12/h4-7,10-11H,8-9H2,1-3H3,(H,20,22)/t10-,11+,17-/m1/s1. The van der Waals surface area contributed by atoms with E-state index in [2.05, 4.69) is 15.5 Å². The van der Waals surface area contributed by atoms with Crippen molar-refractivity contribution < 1.29 is 18.0 Å². The third-order valence-electron chi connectivity index (χ3n) is 4.69. The zero-order valence-corrected chi connectivity index (χ0v) is 14.3. The summed E-state index contributed by atoms with van der Waals surface area (Å²) in [5.41, 5.74) is -0.808. The lowest BCUT2D eigenvalue weighted by Crippen LogP contribution is -2.46. The zero-order chi connectivity index (χ0) is 18.2. The van der Waals surface area contributed by atoms with Crippen molar-refractivity contribution >= 4 is 11.9 Å². The van der Waals surface area contributed by atoms with E-state index in [9.17, 15) is 13.6 Å². The van der Waals surface area contributed by atoms with Gasteiger partial charge >= 0.3 is 6.01 Å². The van der Waals surface area contributed by atoms with E-state index in [-0.39, 0.29) is 23.6 Å². The van der Waals surface area contributed by atoms with Crippen molar-refractivity contribution in [2.45, 2.75) is 44.9 Å². The first kappa shape index (κ1) is 17.3. The second kappa shape index (κ2) is 6.42. The number of nitrogens with one attached hydrogen (secondary N) is 1. The van der Waals surface area contributed by atoms with Crippen LogP contribution in [0.3, 0.4) is 0 Å². The van der Waals surface area contributed by atoms with Gasteiger partial charge in [0.2, 0.25) is 11.8 Å². The lowest BCUT2D eigenvalue weighted by Gasteiger charge is -2.28. The van der Waals surface area contributed by atoms with Crippen LogP contribution in [0.25, 0.3) is 11.5 Å². The summed E-state index contributed by atoms with van der Waals surface area (Å²) in [7, 11) is 0. The van der Waals surface area contributed by atoms with Crippen LogP contribution in [0.1, 0.15) is 27.2 Å². The third-order valence-corrected chi connectivity index (χ3v) is 4.69. The maximum atomic E-state index is 14.2. The molecule has 2 aromatic rings. The highest BCUT2D eigenvalue weighted by Crippen LogP contribution is 2.32. The van der Waals surface area contributed by atoms with Gasteiger partial charge in [-0.3, -0.25) is 4.79 Å². The number of hydrogen-bond donors (Lipinski definition) is 1. The highest BCUT2D eigenvalue weighted by molar-refractivity contribution is 5.84. The first-order valence-electron chi connectivity index (χ1n) is 8.13. The summed E-state index contributed by atoms with van der Waals surface area (Å²) in [6.07, 6.45) is 0.321. The lowest BCUT2D eigenvalue weighted by atomic mass is 10.0. The van der Waals surface area contributed by atoms with Crippen LogP contribution < -0.4 is 5.32 Å². The number of carbonyl (C=O) groups is 1. The van der Waals surface area contributed by atoms with Gasteiger partial charge in [0.1, 0.15) is 17.5 Å². The largest absolute Gasteiger partial charge is 0.403 e. The molecule has 3 atom stereocenters. The molecule has 1 N–H and O–H groups in total. The highest BCUT2D eigenvalue weighted by atomic mass is 19.1. The van der Waals surface area contributed by atoms with E-state index in [4.69, 9.17) is 4.42 Å². The molecule has 1 aromatic carbocycles. The maximum absolute atomic E-state index is 14.2. The van der Waals surface area contributed by atoms with Gasteiger partial charge < -0.3 is 14.6 Å². The highest BCUT2D eigenvalue weighted by Gasteiger charge is 2.44. The van der Waals surface area contributed by atoms with E-state index in [1.54, 1.807) is 13.8 Å². The molecule has 3 rings (SSSR count). The molecule has 1 aromatic heterocycles. The molecule has 0 aliphatic carbocycles. The molecule has 0 unspecified atom stereocenters. The van der Waals surface area contributed by atoms with E-state index >= 15 is 0 Å². The number of hydrogen-bond acceptors (Lipinski definition) is 5. The van der Waals surface area contributed by atoms with Crippen LogP contribution >= 0.6 is 0 Å². The Hall–Kier alpha value is -2.51. The first-order chi connectivity index (χ1) is 11.8. The molecule has 1 amide bonds. The minimum atomic E-state index is -1.38. The van der Waals surface area contributed by atoms with Crippen molar-refractivity contribution in [1.29, 1.82) is 0 Å². The lowest BCUT2D eigenvalue weighted by molar-refractivity contribution is -0.133. The summed E-state index contributed by atoms with van der Waals surface area (Å²) in [5.74, 6) is -0.371. The summed E-state index contributed by atoms with van der Waals surface area (Å²) < 4.78 is 32.7. The quantitative estimate of drug-likeness (QED) is 0.918. The first-order valence-corrected chi connectivity index (χ1v) is 8.13. The summed E-state index contributed by atoms with van der Waals surface area (Å²) in [5, 5.41) is 10.6. The molecule has 1 aliphatic rings. The van der Waals surface area contributed by atoms with Crippen LogP contribution in [-0.4, -0.2) is 45.3 Å². The van der Waals surface area contributed by atoms with Crippen LogP contribution in [-0.2, 0) is 4.79 Å².